The van der Waals surface area contributed by atoms with Crippen LogP contribution in [0.1, 0.15) is 67.4 Å². The van der Waals surface area contributed by atoms with Gasteiger partial charge in [-0.05, 0) is 64.3 Å². The molecule has 0 fully saturated rings. The summed E-state index contributed by atoms with van der Waals surface area (Å²) in [6.45, 7) is 18.3. The predicted octanol–water partition coefficient (Wildman–Crippen LogP) is 3.26. The van der Waals surface area contributed by atoms with E-state index in [1.54, 1.807) is 0 Å². The normalized spacial score (nSPS) is 12.8. The summed E-state index contributed by atoms with van der Waals surface area (Å²) < 4.78 is 5.56. The van der Waals surface area contributed by atoms with Gasteiger partial charge in [0.2, 0.25) is 0 Å². The fourth-order valence-electron chi connectivity index (χ4n) is 3.16. The molecule has 0 heterocycles. The molecule has 25 heavy (non-hydrogen) atoms. The molecule has 3 N–H and O–H groups in total. The fraction of sp³-hybridized carbons (Fsp3) is 0.667. The van der Waals surface area contributed by atoms with E-state index in [1.807, 2.05) is 32.9 Å². The monoisotopic (exact) mass is 349 g/mol. The molecule has 0 aromatic heterocycles. The van der Waals surface area contributed by atoms with E-state index < -0.39 is 0 Å². The van der Waals surface area contributed by atoms with Crippen LogP contribution < -0.4 is 15.4 Å². The minimum Gasteiger partial charge on any atom is -0.484 e. The van der Waals surface area contributed by atoms with E-state index in [9.17, 15) is 4.79 Å². The zero-order chi connectivity index (χ0) is 19.3. The Morgan fingerprint density at radius 3 is 2.04 bits per heavy atom. The third-order valence-electron chi connectivity index (χ3n) is 3.68. The van der Waals surface area contributed by atoms with Gasteiger partial charge in [-0.1, -0.05) is 20.8 Å². The first-order valence-corrected chi connectivity index (χ1v) is 9.13. The van der Waals surface area contributed by atoms with Crippen molar-refractivity contribution < 1.29 is 14.8 Å². The molecule has 0 saturated carbocycles. The van der Waals surface area contributed by atoms with Gasteiger partial charge < -0.3 is 15.4 Å². The summed E-state index contributed by atoms with van der Waals surface area (Å²) in [7, 11) is 0. The molecule has 1 aromatic carbocycles. The molecule has 0 spiro atoms. The van der Waals surface area contributed by atoms with Crippen LogP contribution in [0.15, 0.2) is 24.3 Å². The van der Waals surface area contributed by atoms with Gasteiger partial charge in [0.15, 0.2) is 6.61 Å². The van der Waals surface area contributed by atoms with Gasteiger partial charge in [-0.3, -0.25) is 4.79 Å². The van der Waals surface area contributed by atoms with Gasteiger partial charge in [0.05, 0.1) is 5.54 Å². The first-order valence-electron chi connectivity index (χ1n) is 9.13. The van der Waals surface area contributed by atoms with E-state index in [0.717, 1.165) is 18.7 Å². The largest absolute Gasteiger partial charge is 0.484 e. The molecule has 0 bridgehead atoms. The summed E-state index contributed by atoms with van der Waals surface area (Å²) in [5.74, 6) is 0.621. The Hall–Kier alpha value is -1.55. The van der Waals surface area contributed by atoms with Crippen LogP contribution in [-0.2, 0) is 11.3 Å². The van der Waals surface area contributed by atoms with Crippen molar-refractivity contribution in [2.75, 3.05) is 6.61 Å². The SMILES string of the molecule is CC(C)(C)CC(C)(C)[NH2+]Cc1ccc(OCC(=O)NC(C)(C)C)cc1. The predicted molar refractivity (Wildman–Crippen MR) is 104 cm³/mol. The van der Waals surface area contributed by atoms with E-state index in [2.05, 4.69) is 57.4 Å². The number of benzene rings is 1. The lowest BCUT2D eigenvalue weighted by Gasteiger charge is -2.30. The molecule has 0 aliphatic rings. The molecular formula is C21H37N2O2+. The molecular weight excluding hydrogens is 312 g/mol. The molecule has 0 unspecified atom stereocenters. The number of quaternary nitrogens is 1. The van der Waals surface area contributed by atoms with E-state index in [1.165, 1.54) is 5.56 Å². The molecule has 1 amide bonds. The number of carbonyl (C=O) groups is 1. The standard InChI is InChI=1S/C21H36N2O2/c1-19(2,3)15-21(7,8)22-13-16-9-11-17(12-10-16)25-14-18(24)23-20(4,5)6/h9-12,22H,13-15H2,1-8H3,(H,23,24)/p+1. The van der Waals surface area contributed by atoms with Crippen molar-refractivity contribution in [3.05, 3.63) is 29.8 Å². The van der Waals surface area contributed by atoms with Gasteiger partial charge in [-0.15, -0.1) is 0 Å². The summed E-state index contributed by atoms with van der Waals surface area (Å²) in [5.41, 5.74) is 1.55. The maximum atomic E-state index is 11.8. The first-order chi connectivity index (χ1) is 11.3. The number of ether oxygens (including phenoxy) is 1. The Labute approximate surface area is 153 Å². The quantitative estimate of drug-likeness (QED) is 0.794. The van der Waals surface area contributed by atoms with Crippen LogP contribution in [0.3, 0.4) is 0 Å². The van der Waals surface area contributed by atoms with Crippen molar-refractivity contribution in [2.45, 2.75) is 79.4 Å². The summed E-state index contributed by atoms with van der Waals surface area (Å²) in [6, 6.07) is 8.01. The highest BCUT2D eigenvalue weighted by Gasteiger charge is 2.28. The van der Waals surface area contributed by atoms with Crippen molar-refractivity contribution in [3.63, 3.8) is 0 Å². The number of nitrogens with two attached hydrogens (primary N) is 1. The molecule has 1 rings (SSSR count). The Bertz CT molecular complexity index is 549. The summed E-state index contributed by atoms with van der Waals surface area (Å²) in [6.07, 6.45) is 1.16. The van der Waals surface area contributed by atoms with Crippen molar-refractivity contribution in [3.8, 4) is 5.75 Å². The highest BCUT2D eigenvalue weighted by atomic mass is 16.5. The second-order valence-electron chi connectivity index (χ2n) is 9.87. The number of hydrogen-bond acceptors (Lipinski definition) is 2. The molecule has 1 aromatic rings. The van der Waals surface area contributed by atoms with Crippen LogP contribution in [-0.4, -0.2) is 23.6 Å². The summed E-state index contributed by atoms with van der Waals surface area (Å²) >= 11 is 0. The van der Waals surface area contributed by atoms with E-state index >= 15 is 0 Å². The smallest absolute Gasteiger partial charge is 0.258 e. The third-order valence-corrected chi connectivity index (χ3v) is 3.68. The van der Waals surface area contributed by atoms with Crippen LogP contribution >= 0.6 is 0 Å². The lowest BCUT2D eigenvalue weighted by atomic mass is 9.82. The van der Waals surface area contributed by atoms with Crippen molar-refractivity contribution >= 4 is 5.91 Å². The van der Waals surface area contributed by atoms with Gasteiger partial charge in [0.25, 0.3) is 5.91 Å². The number of hydrogen-bond donors (Lipinski definition) is 2. The minimum atomic E-state index is -0.236. The minimum absolute atomic E-state index is 0.0430. The molecule has 142 valence electrons. The van der Waals surface area contributed by atoms with E-state index in [0.29, 0.717) is 5.41 Å². The van der Waals surface area contributed by atoms with Gasteiger partial charge in [-0.25, -0.2) is 0 Å². The lowest BCUT2D eigenvalue weighted by molar-refractivity contribution is -0.737. The number of amides is 1. The van der Waals surface area contributed by atoms with Gasteiger partial charge in [0.1, 0.15) is 12.3 Å². The van der Waals surface area contributed by atoms with Crippen LogP contribution in [0.25, 0.3) is 0 Å². The highest BCUT2D eigenvalue weighted by Crippen LogP contribution is 2.24. The zero-order valence-corrected chi connectivity index (χ0v) is 17.3. The van der Waals surface area contributed by atoms with Gasteiger partial charge >= 0.3 is 0 Å². The van der Waals surface area contributed by atoms with Gasteiger partial charge in [0, 0.05) is 17.5 Å². The molecule has 0 saturated heterocycles. The van der Waals surface area contributed by atoms with Crippen LogP contribution in [0.4, 0.5) is 0 Å². The van der Waals surface area contributed by atoms with Gasteiger partial charge in [-0.2, -0.15) is 0 Å². The molecule has 4 nitrogen and oxygen atoms in total. The van der Waals surface area contributed by atoms with E-state index in [4.69, 9.17) is 4.74 Å². The molecule has 0 aliphatic carbocycles. The second kappa shape index (κ2) is 8.22. The van der Waals surface area contributed by atoms with Crippen LogP contribution in [0.5, 0.6) is 5.75 Å². The van der Waals surface area contributed by atoms with E-state index in [-0.39, 0.29) is 23.6 Å². The molecule has 0 radical (unpaired) electrons. The summed E-state index contributed by atoms with van der Waals surface area (Å²) in [5, 5.41) is 5.28. The van der Waals surface area contributed by atoms with Crippen LogP contribution in [0.2, 0.25) is 0 Å². The molecule has 0 atom stereocenters. The number of nitrogens with one attached hydrogen (secondary N) is 1. The zero-order valence-electron chi connectivity index (χ0n) is 17.3. The van der Waals surface area contributed by atoms with Crippen molar-refractivity contribution in [1.82, 2.24) is 5.32 Å². The van der Waals surface area contributed by atoms with Crippen molar-refractivity contribution in [2.24, 2.45) is 5.41 Å². The summed E-state index contributed by atoms with van der Waals surface area (Å²) in [4.78, 5) is 11.8. The molecule has 4 heteroatoms. The fourth-order valence-corrected chi connectivity index (χ4v) is 3.16. The second-order valence-corrected chi connectivity index (χ2v) is 9.87. The van der Waals surface area contributed by atoms with Crippen molar-refractivity contribution in [1.29, 1.82) is 0 Å². The maximum absolute atomic E-state index is 11.8. The topological polar surface area (TPSA) is 54.9 Å². The average Bonchev–Trinajstić information content (AvgIpc) is 2.40. The Kier molecular flexibility index (Phi) is 7.07. The first kappa shape index (κ1) is 21.5. The third kappa shape index (κ3) is 10.1. The Balaban J connectivity index is 2.47. The molecule has 0 aliphatic heterocycles. The maximum Gasteiger partial charge on any atom is 0.258 e. The number of carbonyl (C=O) groups excluding carboxylic acids is 1. The Morgan fingerprint density at radius 1 is 1.00 bits per heavy atom. The lowest BCUT2D eigenvalue weighted by Crippen LogP contribution is -2.94. The highest BCUT2D eigenvalue weighted by molar-refractivity contribution is 5.78. The number of rotatable bonds is 7. The van der Waals surface area contributed by atoms with Crippen LogP contribution in [0, 0.1) is 5.41 Å². The Morgan fingerprint density at radius 2 is 1.56 bits per heavy atom. The average molecular weight is 350 g/mol.